The second-order valence-corrected chi connectivity index (χ2v) is 10.1. The van der Waals surface area contributed by atoms with Gasteiger partial charge in [0.15, 0.2) is 5.78 Å². The van der Waals surface area contributed by atoms with Crippen molar-refractivity contribution >= 4 is 27.6 Å². The van der Waals surface area contributed by atoms with E-state index in [2.05, 4.69) is 4.98 Å². The van der Waals surface area contributed by atoms with Crippen LogP contribution >= 0.6 is 11.8 Å². The van der Waals surface area contributed by atoms with Crippen LogP contribution in [0.1, 0.15) is 28.4 Å². The lowest BCUT2D eigenvalue weighted by molar-refractivity contribution is 0.0730. The van der Waals surface area contributed by atoms with Gasteiger partial charge in [-0.15, -0.1) is 0 Å². The van der Waals surface area contributed by atoms with Gasteiger partial charge in [0.05, 0.1) is 23.5 Å². The maximum absolute atomic E-state index is 12.7. The first-order valence-corrected chi connectivity index (χ1v) is 11.4. The molecule has 1 aromatic carbocycles. The van der Waals surface area contributed by atoms with E-state index in [1.165, 1.54) is 22.3 Å². The number of benzene rings is 1. The fourth-order valence-electron chi connectivity index (χ4n) is 2.89. The van der Waals surface area contributed by atoms with E-state index in [4.69, 9.17) is 4.74 Å². The smallest absolute Gasteiger partial charge is 0.244 e. The zero-order chi connectivity index (χ0) is 20.3. The van der Waals surface area contributed by atoms with Crippen LogP contribution in [-0.2, 0) is 14.8 Å². The summed E-state index contributed by atoms with van der Waals surface area (Å²) in [4.78, 5) is 17.1. The molecule has 3 rings (SSSR count). The Kier molecular flexibility index (Phi) is 6.54. The van der Waals surface area contributed by atoms with Crippen molar-refractivity contribution in [3.05, 3.63) is 53.2 Å². The van der Waals surface area contributed by atoms with E-state index in [9.17, 15) is 13.2 Å². The van der Waals surface area contributed by atoms with Gasteiger partial charge in [-0.05, 0) is 50.1 Å². The molecule has 1 saturated heterocycles. The highest BCUT2D eigenvalue weighted by Gasteiger charge is 2.26. The summed E-state index contributed by atoms with van der Waals surface area (Å²) in [6.07, 6.45) is 1.36. The summed E-state index contributed by atoms with van der Waals surface area (Å²) in [7, 11) is -3.56. The highest BCUT2D eigenvalue weighted by Crippen LogP contribution is 2.26. The van der Waals surface area contributed by atoms with Gasteiger partial charge in [-0.1, -0.05) is 23.9 Å². The number of aromatic nitrogens is 1. The third-order valence-corrected chi connectivity index (χ3v) is 7.71. The van der Waals surface area contributed by atoms with Crippen molar-refractivity contribution in [2.75, 3.05) is 26.3 Å². The molecule has 0 saturated carbocycles. The molecule has 0 spiro atoms. The number of carbonyl (C=O) groups is 1. The molecule has 2 heterocycles. The predicted octanol–water partition coefficient (Wildman–Crippen LogP) is 3.08. The maximum Gasteiger partial charge on any atom is 0.244 e. The first-order chi connectivity index (χ1) is 13.3. The molecular formula is C20H24N2O4S2. The van der Waals surface area contributed by atoms with Crippen LogP contribution in [0.2, 0.25) is 0 Å². The Bertz CT molecular complexity index is 953. The molecule has 1 fully saturated rings. The highest BCUT2D eigenvalue weighted by molar-refractivity contribution is 8.00. The first kappa shape index (κ1) is 21.0. The van der Waals surface area contributed by atoms with Crippen LogP contribution in [0, 0.1) is 13.8 Å². The van der Waals surface area contributed by atoms with E-state index in [0.717, 1.165) is 11.1 Å². The van der Waals surface area contributed by atoms with Crippen LogP contribution in [0.4, 0.5) is 0 Å². The van der Waals surface area contributed by atoms with Crippen molar-refractivity contribution in [1.29, 1.82) is 0 Å². The number of morpholine rings is 1. The molecule has 2 aromatic rings. The molecule has 1 atom stereocenters. The standard InChI is InChI=1S/C20H24N2O4S2/c1-14-4-5-17(12-15(14)2)20(23)16(3)27-19-7-6-18(13-21-19)28(24,25)22-8-10-26-11-9-22/h4-7,12-13,16H,8-11H2,1-3H3/t16-/m1/s1. The van der Waals surface area contributed by atoms with Gasteiger partial charge in [0, 0.05) is 24.8 Å². The van der Waals surface area contributed by atoms with Crippen LogP contribution in [-0.4, -0.2) is 55.0 Å². The quantitative estimate of drug-likeness (QED) is 0.528. The fraction of sp³-hybridized carbons (Fsp3) is 0.400. The summed E-state index contributed by atoms with van der Waals surface area (Å²) in [5.74, 6) is 0.0277. The Morgan fingerprint density at radius 3 is 2.46 bits per heavy atom. The summed E-state index contributed by atoms with van der Waals surface area (Å²) in [5, 5.41) is 0.293. The predicted molar refractivity (Wildman–Crippen MR) is 109 cm³/mol. The van der Waals surface area contributed by atoms with Crippen molar-refractivity contribution in [2.45, 2.75) is 35.9 Å². The van der Waals surface area contributed by atoms with Crippen molar-refractivity contribution in [3.8, 4) is 0 Å². The van der Waals surface area contributed by atoms with E-state index in [0.29, 0.717) is 36.9 Å². The normalized spacial score (nSPS) is 16.7. The lowest BCUT2D eigenvalue weighted by Crippen LogP contribution is -2.40. The van der Waals surface area contributed by atoms with Gasteiger partial charge in [0.1, 0.15) is 4.90 Å². The summed E-state index contributed by atoms with van der Waals surface area (Å²) < 4.78 is 31.9. The van der Waals surface area contributed by atoms with Gasteiger partial charge in [0.2, 0.25) is 10.0 Å². The Morgan fingerprint density at radius 1 is 1.14 bits per heavy atom. The number of thioether (sulfide) groups is 1. The third-order valence-electron chi connectivity index (χ3n) is 4.78. The molecule has 1 aromatic heterocycles. The fourth-order valence-corrected chi connectivity index (χ4v) is 5.11. The molecule has 0 N–H and O–H groups in total. The SMILES string of the molecule is Cc1ccc(C(=O)[C@@H](C)Sc2ccc(S(=O)(=O)N3CCOCC3)cn2)cc1C. The largest absolute Gasteiger partial charge is 0.379 e. The van der Waals surface area contributed by atoms with Crippen LogP contribution in [0.5, 0.6) is 0 Å². The maximum atomic E-state index is 12.7. The van der Waals surface area contributed by atoms with E-state index < -0.39 is 10.0 Å². The number of aryl methyl sites for hydroxylation is 2. The minimum Gasteiger partial charge on any atom is -0.379 e. The molecule has 1 aliphatic rings. The highest BCUT2D eigenvalue weighted by atomic mass is 32.2. The van der Waals surface area contributed by atoms with Crippen molar-refractivity contribution in [3.63, 3.8) is 0 Å². The van der Waals surface area contributed by atoms with E-state index in [1.807, 2.05) is 39.0 Å². The molecule has 0 bridgehead atoms. The molecule has 0 amide bonds. The third kappa shape index (κ3) is 4.63. The van der Waals surface area contributed by atoms with E-state index in [-0.39, 0.29) is 15.9 Å². The number of ketones is 1. The van der Waals surface area contributed by atoms with E-state index >= 15 is 0 Å². The minimum atomic E-state index is -3.56. The van der Waals surface area contributed by atoms with Crippen molar-refractivity contribution in [1.82, 2.24) is 9.29 Å². The molecular weight excluding hydrogens is 396 g/mol. The van der Waals surface area contributed by atoms with Crippen LogP contribution in [0.15, 0.2) is 46.5 Å². The Balaban J connectivity index is 1.69. The summed E-state index contributed by atoms with van der Waals surface area (Å²) in [5.41, 5.74) is 2.91. The Hall–Kier alpha value is -1.74. The molecule has 1 aliphatic heterocycles. The lowest BCUT2D eigenvalue weighted by Gasteiger charge is -2.25. The number of rotatable bonds is 6. The second-order valence-electron chi connectivity index (χ2n) is 6.77. The Labute approximate surface area is 170 Å². The monoisotopic (exact) mass is 420 g/mol. The summed E-state index contributed by atoms with van der Waals surface area (Å²) in [6, 6.07) is 8.90. The number of pyridine rings is 1. The van der Waals surface area contributed by atoms with Gasteiger partial charge >= 0.3 is 0 Å². The molecule has 0 aliphatic carbocycles. The van der Waals surface area contributed by atoms with Crippen LogP contribution in [0.25, 0.3) is 0 Å². The minimum absolute atomic E-state index is 0.0277. The molecule has 6 nitrogen and oxygen atoms in total. The van der Waals surface area contributed by atoms with Gasteiger partial charge in [-0.25, -0.2) is 13.4 Å². The molecule has 0 radical (unpaired) electrons. The first-order valence-electron chi connectivity index (χ1n) is 9.11. The number of ether oxygens (including phenoxy) is 1. The zero-order valence-corrected chi connectivity index (χ0v) is 17.8. The lowest BCUT2D eigenvalue weighted by atomic mass is 10.0. The summed E-state index contributed by atoms with van der Waals surface area (Å²) in [6.45, 7) is 7.33. The molecule has 150 valence electrons. The van der Waals surface area contributed by atoms with Crippen LogP contribution < -0.4 is 0 Å². The number of hydrogen-bond acceptors (Lipinski definition) is 6. The van der Waals surface area contributed by atoms with Gasteiger partial charge in [-0.2, -0.15) is 4.31 Å². The number of nitrogens with zero attached hydrogens (tertiary/aromatic N) is 2. The van der Waals surface area contributed by atoms with Crippen molar-refractivity contribution < 1.29 is 17.9 Å². The molecule has 28 heavy (non-hydrogen) atoms. The summed E-state index contributed by atoms with van der Waals surface area (Å²) >= 11 is 1.32. The average Bonchev–Trinajstić information content (AvgIpc) is 2.70. The number of hydrogen-bond donors (Lipinski definition) is 0. The van der Waals surface area contributed by atoms with Crippen LogP contribution in [0.3, 0.4) is 0 Å². The number of carbonyl (C=O) groups excluding carboxylic acids is 1. The average molecular weight is 421 g/mol. The molecule has 8 heteroatoms. The topological polar surface area (TPSA) is 76.6 Å². The second kappa shape index (κ2) is 8.73. The number of sulfonamides is 1. The Morgan fingerprint density at radius 2 is 1.86 bits per heavy atom. The number of Topliss-reactive ketones (excluding diaryl/α,β-unsaturated/α-hetero) is 1. The van der Waals surface area contributed by atoms with Gasteiger partial charge < -0.3 is 4.74 Å². The van der Waals surface area contributed by atoms with Gasteiger partial charge in [-0.3, -0.25) is 4.79 Å². The van der Waals surface area contributed by atoms with Gasteiger partial charge in [0.25, 0.3) is 0 Å². The molecule has 0 unspecified atom stereocenters. The van der Waals surface area contributed by atoms with Crippen molar-refractivity contribution in [2.24, 2.45) is 0 Å². The van der Waals surface area contributed by atoms with E-state index in [1.54, 1.807) is 12.1 Å². The zero-order valence-electron chi connectivity index (χ0n) is 16.2.